The average Bonchev–Trinajstić information content (AvgIpc) is 3.42. The highest BCUT2D eigenvalue weighted by atomic mass is 35.5. The van der Waals surface area contributed by atoms with Crippen LogP contribution in [0.2, 0.25) is 10.0 Å². The highest BCUT2D eigenvalue weighted by Gasteiger charge is 2.54. The van der Waals surface area contributed by atoms with Crippen molar-refractivity contribution in [2.75, 3.05) is 13.2 Å². The Kier molecular flexibility index (Phi) is 10.8. The van der Waals surface area contributed by atoms with Gasteiger partial charge in [-0.25, -0.2) is 10.4 Å². The highest BCUT2D eigenvalue weighted by molar-refractivity contribution is 6.35. The van der Waals surface area contributed by atoms with E-state index >= 15 is 0 Å². The second-order valence-corrected chi connectivity index (χ2v) is 11.9. The molecule has 0 saturated heterocycles. The topological polar surface area (TPSA) is 161 Å². The van der Waals surface area contributed by atoms with Gasteiger partial charge in [0.25, 0.3) is 5.91 Å². The molecule has 0 spiro atoms. The van der Waals surface area contributed by atoms with E-state index in [1.54, 1.807) is 66.7 Å². The molecular weight excluding hydrogens is 619 g/mol. The summed E-state index contributed by atoms with van der Waals surface area (Å²) in [6.45, 7) is 0.396. The number of carbonyl (C=O) groups excluding carboxylic acids is 1. The number of halogens is 2. The predicted molar refractivity (Wildman–Crippen MR) is 172 cm³/mol. The fourth-order valence-corrected chi connectivity index (χ4v) is 6.07. The van der Waals surface area contributed by atoms with Gasteiger partial charge in [-0.05, 0) is 73.2 Å². The normalized spacial score (nSPS) is 22.6. The lowest BCUT2D eigenvalue weighted by molar-refractivity contribution is -0.130. The van der Waals surface area contributed by atoms with Crippen molar-refractivity contribution >= 4 is 40.7 Å². The summed E-state index contributed by atoms with van der Waals surface area (Å²) >= 11 is 13.0. The second kappa shape index (κ2) is 15.0. The lowest BCUT2D eigenvalue weighted by Gasteiger charge is -2.33. The first-order valence-corrected chi connectivity index (χ1v) is 15.5. The number of aliphatic imine (C=N–C) groups is 1. The van der Waals surface area contributed by atoms with Crippen molar-refractivity contribution in [2.45, 2.75) is 62.3 Å². The number of carbonyl (C=O) groups is 1. The first-order valence-electron chi connectivity index (χ1n) is 14.8. The number of amides is 1. The summed E-state index contributed by atoms with van der Waals surface area (Å²) in [4.78, 5) is 22.4. The number of nitrogens with zero attached hydrogens (tertiary/aromatic N) is 4. The molecule has 1 saturated carbocycles. The smallest absolute Gasteiger partial charge is 0.266 e. The van der Waals surface area contributed by atoms with E-state index in [4.69, 9.17) is 42.8 Å². The van der Waals surface area contributed by atoms with Gasteiger partial charge in [0, 0.05) is 57.3 Å². The number of rotatable bonds is 12. The van der Waals surface area contributed by atoms with Gasteiger partial charge >= 0.3 is 0 Å². The molecular formula is C32H34Cl2N6O5. The zero-order valence-corrected chi connectivity index (χ0v) is 25.9. The van der Waals surface area contributed by atoms with E-state index in [9.17, 15) is 15.4 Å². The molecule has 1 aliphatic carbocycles. The largest absolute Gasteiger partial charge is 0.494 e. The summed E-state index contributed by atoms with van der Waals surface area (Å²) < 4.78 is 12.2. The van der Waals surface area contributed by atoms with Crippen LogP contribution in [0.5, 0.6) is 5.75 Å². The number of hydrogen-bond acceptors (Lipinski definition) is 8. The predicted octanol–water partition coefficient (Wildman–Crippen LogP) is 6.12. The summed E-state index contributed by atoms with van der Waals surface area (Å²) in [6.07, 6.45) is 1.82. The minimum Gasteiger partial charge on any atom is -0.494 e. The SMILES string of the molecule is [N-]=[N+]=Nc1ccccc1C[C@]1(C(=O)NNC2CCC(O)CC2)N=C(c2ccc(OCCCO)cc2)O[C@H]1c1ccc(Cl)cc1Cl. The van der Waals surface area contributed by atoms with Gasteiger partial charge in [0.2, 0.25) is 5.90 Å². The van der Waals surface area contributed by atoms with Gasteiger partial charge < -0.3 is 19.7 Å². The molecule has 13 heteroatoms. The standard InChI is InChI=1S/C32H34Cl2N6O5/c33-22-8-15-26(27(34)18-22)29-32(19-21-4-1-2-5-28(21)38-40-35,31(43)39-37-23-9-11-24(42)12-10-23)36-30(45-29)20-6-13-25(14-7-20)44-17-3-16-41/h1-2,4-8,13-15,18,23-24,29,37,41-42H,3,9-12,16-17,19H2,(H,39,43)/t23?,24?,29-,32-/m0/s1. The van der Waals surface area contributed by atoms with Crippen molar-refractivity contribution in [2.24, 2.45) is 10.1 Å². The monoisotopic (exact) mass is 652 g/mol. The Morgan fingerprint density at radius 2 is 1.87 bits per heavy atom. The number of aliphatic hydroxyl groups is 2. The van der Waals surface area contributed by atoms with Crippen LogP contribution >= 0.6 is 23.2 Å². The van der Waals surface area contributed by atoms with E-state index in [0.29, 0.717) is 76.9 Å². The minimum absolute atomic E-state index is 0.00850. The van der Waals surface area contributed by atoms with Crippen LogP contribution in [0.4, 0.5) is 5.69 Å². The molecule has 45 heavy (non-hydrogen) atoms. The van der Waals surface area contributed by atoms with Gasteiger partial charge in [-0.1, -0.05) is 58.6 Å². The maximum Gasteiger partial charge on any atom is 0.266 e. The van der Waals surface area contributed by atoms with Crippen molar-refractivity contribution < 1.29 is 24.5 Å². The van der Waals surface area contributed by atoms with Gasteiger partial charge in [0.05, 0.1) is 12.7 Å². The van der Waals surface area contributed by atoms with Gasteiger partial charge in [-0.3, -0.25) is 10.2 Å². The highest BCUT2D eigenvalue weighted by Crippen LogP contribution is 2.46. The molecule has 5 rings (SSSR count). The summed E-state index contributed by atoms with van der Waals surface area (Å²) in [5.41, 5.74) is 15.7. The number of azide groups is 1. The maximum atomic E-state index is 14.5. The summed E-state index contributed by atoms with van der Waals surface area (Å²) in [6, 6.07) is 19.0. The molecule has 1 aliphatic heterocycles. The van der Waals surface area contributed by atoms with Crippen LogP contribution in [0.25, 0.3) is 10.4 Å². The number of ether oxygens (including phenoxy) is 2. The Morgan fingerprint density at radius 1 is 1.11 bits per heavy atom. The zero-order chi connectivity index (χ0) is 31.8. The zero-order valence-electron chi connectivity index (χ0n) is 24.4. The molecule has 1 heterocycles. The second-order valence-electron chi connectivity index (χ2n) is 11.1. The van der Waals surface area contributed by atoms with Gasteiger partial charge in [-0.15, -0.1) is 0 Å². The number of hydrogen-bond donors (Lipinski definition) is 4. The van der Waals surface area contributed by atoms with Crippen LogP contribution < -0.4 is 15.6 Å². The number of benzene rings is 3. The van der Waals surface area contributed by atoms with Crippen molar-refractivity contribution in [3.63, 3.8) is 0 Å². The molecule has 1 fully saturated rings. The quantitative estimate of drug-likeness (QED) is 0.0606. The van der Waals surface area contributed by atoms with E-state index in [1.807, 2.05) is 0 Å². The Morgan fingerprint density at radius 3 is 2.58 bits per heavy atom. The molecule has 236 valence electrons. The van der Waals surface area contributed by atoms with Crippen LogP contribution in [0.1, 0.15) is 54.9 Å². The van der Waals surface area contributed by atoms with E-state index < -0.39 is 17.6 Å². The van der Waals surface area contributed by atoms with E-state index in [2.05, 4.69) is 20.9 Å². The Balaban J connectivity index is 1.58. The van der Waals surface area contributed by atoms with Crippen LogP contribution in [-0.4, -0.2) is 52.9 Å². The third-order valence-electron chi connectivity index (χ3n) is 7.97. The Bertz CT molecular complexity index is 1570. The lowest BCUT2D eigenvalue weighted by Crippen LogP contribution is -2.56. The average molecular weight is 654 g/mol. The molecule has 1 amide bonds. The first kappa shape index (κ1) is 32.6. The molecule has 0 radical (unpaired) electrons. The molecule has 3 aromatic rings. The molecule has 4 N–H and O–H groups in total. The molecule has 3 aromatic carbocycles. The van der Waals surface area contributed by atoms with E-state index in [-0.39, 0.29) is 31.1 Å². The van der Waals surface area contributed by atoms with Crippen molar-refractivity contribution in [1.29, 1.82) is 0 Å². The van der Waals surface area contributed by atoms with E-state index in [1.165, 1.54) is 0 Å². The number of nitrogens with one attached hydrogen (secondary N) is 2. The summed E-state index contributed by atoms with van der Waals surface area (Å²) in [5, 5.41) is 23.6. The van der Waals surface area contributed by atoms with Crippen LogP contribution in [0, 0.1) is 0 Å². The van der Waals surface area contributed by atoms with Gasteiger partial charge in [0.15, 0.2) is 11.6 Å². The van der Waals surface area contributed by atoms with Crippen molar-refractivity contribution in [1.82, 2.24) is 10.9 Å². The minimum atomic E-state index is -1.61. The number of aliphatic hydroxyl groups excluding tert-OH is 2. The first-order chi connectivity index (χ1) is 21.8. The Hall–Kier alpha value is -3.83. The summed E-state index contributed by atoms with van der Waals surface area (Å²) in [7, 11) is 0. The molecule has 0 bridgehead atoms. The lowest BCUT2D eigenvalue weighted by atomic mass is 9.81. The third-order valence-corrected chi connectivity index (χ3v) is 8.53. The summed E-state index contributed by atoms with van der Waals surface area (Å²) in [5.74, 6) is 0.349. The van der Waals surface area contributed by atoms with Gasteiger partial charge in [-0.2, -0.15) is 0 Å². The maximum absolute atomic E-state index is 14.5. The molecule has 2 atom stereocenters. The van der Waals surface area contributed by atoms with Crippen molar-refractivity contribution in [3.8, 4) is 5.75 Å². The van der Waals surface area contributed by atoms with E-state index in [0.717, 1.165) is 0 Å². The van der Waals surface area contributed by atoms with Crippen molar-refractivity contribution in [3.05, 3.63) is 104 Å². The van der Waals surface area contributed by atoms with Gasteiger partial charge in [0.1, 0.15) is 5.75 Å². The third kappa shape index (κ3) is 7.70. The van der Waals surface area contributed by atoms with Crippen LogP contribution in [0.15, 0.2) is 76.8 Å². The fourth-order valence-electron chi connectivity index (χ4n) is 5.57. The van der Waals surface area contributed by atoms with Crippen LogP contribution in [0.3, 0.4) is 0 Å². The fraction of sp³-hybridized carbons (Fsp3) is 0.375. The van der Waals surface area contributed by atoms with Crippen LogP contribution in [-0.2, 0) is 16.0 Å². The Labute approximate surface area is 270 Å². The molecule has 11 nitrogen and oxygen atoms in total. The molecule has 0 aromatic heterocycles. The number of hydrazine groups is 1. The molecule has 2 aliphatic rings. The molecule has 0 unspecified atom stereocenters.